The second-order valence-corrected chi connectivity index (χ2v) is 6.74. The molecular formula is C9H18F3NS. The molecule has 0 radical (unpaired) electrons. The molecule has 0 aliphatic carbocycles. The van der Waals surface area contributed by atoms with Gasteiger partial charge < -0.3 is 0 Å². The van der Waals surface area contributed by atoms with E-state index in [4.69, 9.17) is 0 Å². The molecule has 86 valence electrons. The summed E-state index contributed by atoms with van der Waals surface area (Å²) in [5, 5.41) is 0.675. The Morgan fingerprint density at radius 3 is 2.07 bits per heavy atom. The zero-order valence-electron chi connectivity index (χ0n) is 8.64. The van der Waals surface area contributed by atoms with Crippen LogP contribution in [-0.4, -0.2) is 48.5 Å². The van der Waals surface area contributed by atoms with Gasteiger partial charge in [-0.1, -0.05) is 0 Å². The van der Waals surface area contributed by atoms with Crippen molar-refractivity contribution in [2.24, 2.45) is 0 Å². The largest absolute Gasteiger partial charge is 0.401 e. The molecule has 0 saturated carbocycles. The number of likely N-dealkylation sites (tertiary alicyclic amines) is 1. The molecular weight excluding hydrogens is 211 g/mol. The summed E-state index contributed by atoms with van der Waals surface area (Å²) in [5.41, 5.74) is 0. The molecule has 1 aliphatic heterocycles. The van der Waals surface area contributed by atoms with Crippen molar-refractivity contribution in [1.82, 2.24) is 4.90 Å². The monoisotopic (exact) mass is 229 g/mol. The van der Waals surface area contributed by atoms with Gasteiger partial charge in [0.25, 0.3) is 0 Å². The van der Waals surface area contributed by atoms with Gasteiger partial charge in [-0.05, 0) is 43.7 Å². The molecule has 0 N–H and O–H groups in total. The minimum absolute atomic E-state index is 0.0213. The van der Waals surface area contributed by atoms with E-state index in [1.807, 2.05) is 0 Å². The highest BCUT2D eigenvalue weighted by molar-refractivity contribution is 8.16. The van der Waals surface area contributed by atoms with E-state index in [9.17, 15) is 13.2 Å². The van der Waals surface area contributed by atoms with E-state index in [2.05, 4.69) is 12.5 Å². The first-order valence-corrected chi connectivity index (χ1v) is 7.14. The summed E-state index contributed by atoms with van der Waals surface area (Å²) in [6, 6.07) is 0. The standard InChI is InChI=1S/C9H18F3NS/c1-14(2)8-3-5-13(6-4-8)7-9(10,11)12/h8,14H,3-7H2,1-2H3. The predicted octanol–water partition coefficient (Wildman–Crippen LogP) is 2.27. The maximum absolute atomic E-state index is 12.1. The van der Waals surface area contributed by atoms with Crippen LogP contribution in [0.3, 0.4) is 0 Å². The Morgan fingerprint density at radius 1 is 1.21 bits per heavy atom. The summed E-state index contributed by atoms with van der Waals surface area (Å²) in [6.45, 7) is 0.500. The molecule has 0 aromatic carbocycles. The van der Waals surface area contributed by atoms with Crippen molar-refractivity contribution in [2.75, 3.05) is 32.1 Å². The SMILES string of the molecule is C[SH](C)C1CCN(CC(F)(F)F)CC1. The Labute approximate surface area is 86.0 Å². The molecule has 14 heavy (non-hydrogen) atoms. The number of thiol groups is 1. The van der Waals surface area contributed by atoms with Gasteiger partial charge in [0.1, 0.15) is 0 Å². The number of piperidine rings is 1. The number of halogens is 3. The second-order valence-electron chi connectivity index (χ2n) is 4.09. The lowest BCUT2D eigenvalue weighted by Crippen LogP contribution is -2.41. The van der Waals surface area contributed by atoms with Crippen LogP contribution in [0.25, 0.3) is 0 Å². The van der Waals surface area contributed by atoms with Crippen LogP contribution in [0.4, 0.5) is 13.2 Å². The van der Waals surface area contributed by atoms with Crippen LogP contribution >= 0.6 is 10.9 Å². The van der Waals surface area contributed by atoms with E-state index in [0.29, 0.717) is 18.3 Å². The van der Waals surface area contributed by atoms with Crippen molar-refractivity contribution in [3.8, 4) is 0 Å². The number of alkyl halides is 3. The molecule has 1 heterocycles. The zero-order valence-corrected chi connectivity index (χ0v) is 9.54. The first-order valence-electron chi connectivity index (χ1n) is 4.84. The van der Waals surface area contributed by atoms with Gasteiger partial charge in [-0.2, -0.15) is 13.2 Å². The van der Waals surface area contributed by atoms with Crippen LogP contribution in [0.1, 0.15) is 12.8 Å². The van der Waals surface area contributed by atoms with Gasteiger partial charge in [-0.3, -0.25) is 15.8 Å². The van der Waals surface area contributed by atoms with Crippen LogP contribution in [0.5, 0.6) is 0 Å². The molecule has 0 amide bonds. The minimum atomic E-state index is -4.03. The van der Waals surface area contributed by atoms with Gasteiger partial charge in [0.2, 0.25) is 0 Å². The van der Waals surface area contributed by atoms with E-state index in [0.717, 1.165) is 12.8 Å². The highest BCUT2D eigenvalue weighted by Gasteiger charge is 2.32. The molecule has 0 aromatic rings. The number of hydrogen-bond donors (Lipinski definition) is 1. The van der Waals surface area contributed by atoms with E-state index < -0.39 is 12.7 Å². The van der Waals surface area contributed by atoms with Crippen LogP contribution in [0.15, 0.2) is 0 Å². The number of hydrogen-bond acceptors (Lipinski definition) is 1. The molecule has 1 rings (SSSR count). The molecule has 1 saturated heterocycles. The van der Waals surface area contributed by atoms with Crippen molar-refractivity contribution >= 4 is 10.9 Å². The summed E-state index contributed by atoms with van der Waals surface area (Å²) in [5.74, 6) is 0. The minimum Gasteiger partial charge on any atom is -0.295 e. The molecule has 1 fully saturated rings. The summed E-state index contributed by atoms with van der Waals surface area (Å²) in [4.78, 5) is 1.52. The van der Waals surface area contributed by atoms with Gasteiger partial charge in [0.05, 0.1) is 6.54 Å². The molecule has 0 unspecified atom stereocenters. The van der Waals surface area contributed by atoms with E-state index in [-0.39, 0.29) is 10.9 Å². The third-order valence-electron chi connectivity index (χ3n) is 2.69. The lowest BCUT2D eigenvalue weighted by molar-refractivity contribution is -0.147. The third-order valence-corrected chi connectivity index (χ3v) is 4.67. The molecule has 1 aliphatic rings. The fourth-order valence-electron chi connectivity index (χ4n) is 1.85. The van der Waals surface area contributed by atoms with E-state index >= 15 is 0 Å². The Hall–Kier alpha value is 0.100. The molecule has 0 atom stereocenters. The lowest BCUT2D eigenvalue weighted by atomic mass is 10.1. The van der Waals surface area contributed by atoms with Gasteiger partial charge in [-0.15, -0.1) is 0 Å². The maximum atomic E-state index is 12.1. The van der Waals surface area contributed by atoms with Crippen molar-refractivity contribution in [1.29, 1.82) is 0 Å². The van der Waals surface area contributed by atoms with Gasteiger partial charge >= 0.3 is 6.18 Å². The Morgan fingerprint density at radius 2 is 1.71 bits per heavy atom. The van der Waals surface area contributed by atoms with Gasteiger partial charge in [-0.25, -0.2) is 0 Å². The molecule has 5 heteroatoms. The van der Waals surface area contributed by atoms with Crippen LogP contribution in [0, 0.1) is 0 Å². The second kappa shape index (κ2) is 4.75. The number of rotatable bonds is 2. The van der Waals surface area contributed by atoms with Crippen LogP contribution in [0.2, 0.25) is 0 Å². The number of nitrogens with zero attached hydrogens (tertiary/aromatic N) is 1. The first kappa shape index (κ1) is 12.2. The summed E-state index contributed by atoms with van der Waals surface area (Å²) < 4.78 is 36.2. The third kappa shape index (κ3) is 4.09. The average molecular weight is 229 g/mol. The van der Waals surface area contributed by atoms with Gasteiger partial charge in [0, 0.05) is 0 Å². The summed E-state index contributed by atoms with van der Waals surface area (Å²) in [6.07, 6.45) is 2.26. The zero-order chi connectivity index (χ0) is 10.8. The van der Waals surface area contributed by atoms with Crippen molar-refractivity contribution in [3.05, 3.63) is 0 Å². The highest BCUT2D eigenvalue weighted by atomic mass is 32.2. The molecule has 1 nitrogen and oxygen atoms in total. The highest BCUT2D eigenvalue weighted by Crippen LogP contribution is 2.31. The van der Waals surface area contributed by atoms with E-state index in [1.54, 1.807) is 0 Å². The van der Waals surface area contributed by atoms with Crippen LogP contribution in [-0.2, 0) is 0 Å². The van der Waals surface area contributed by atoms with Crippen molar-refractivity contribution in [2.45, 2.75) is 24.3 Å². The smallest absolute Gasteiger partial charge is 0.295 e. The summed E-state index contributed by atoms with van der Waals surface area (Å²) in [7, 11) is 0.0213. The van der Waals surface area contributed by atoms with Crippen molar-refractivity contribution in [3.63, 3.8) is 0 Å². The molecule has 0 bridgehead atoms. The first-order chi connectivity index (χ1) is 6.38. The molecule has 0 aromatic heterocycles. The fourth-order valence-corrected chi connectivity index (χ4v) is 3.11. The normalized spacial score (nSPS) is 22.5. The fraction of sp³-hybridized carbons (Fsp3) is 1.00. The topological polar surface area (TPSA) is 3.24 Å². The van der Waals surface area contributed by atoms with Gasteiger partial charge in [0.15, 0.2) is 0 Å². The Bertz CT molecular complexity index is 173. The predicted molar refractivity (Wildman–Crippen MR) is 56.4 cm³/mol. The summed E-state index contributed by atoms with van der Waals surface area (Å²) >= 11 is 0. The van der Waals surface area contributed by atoms with Crippen LogP contribution < -0.4 is 0 Å². The Kier molecular flexibility index (Phi) is 4.13. The average Bonchev–Trinajstić information content (AvgIpc) is 2.02. The maximum Gasteiger partial charge on any atom is 0.401 e. The van der Waals surface area contributed by atoms with E-state index in [1.165, 1.54) is 4.90 Å². The molecule has 0 spiro atoms. The lowest BCUT2D eigenvalue weighted by Gasteiger charge is -2.35. The Balaban J connectivity index is 2.29. The van der Waals surface area contributed by atoms with Crippen molar-refractivity contribution < 1.29 is 13.2 Å². The quantitative estimate of drug-likeness (QED) is 0.711.